The first kappa shape index (κ1) is 26.3. The lowest BCUT2D eigenvalue weighted by molar-refractivity contribution is -0.114. The first-order valence-corrected chi connectivity index (χ1v) is 14.9. The fourth-order valence-corrected chi connectivity index (χ4v) is 9.67. The summed E-state index contributed by atoms with van der Waals surface area (Å²) in [4.78, 5) is 12.1. The Bertz CT molecular complexity index is 676. The number of rotatable bonds is 5. The van der Waals surface area contributed by atoms with Crippen LogP contribution in [0.15, 0.2) is 0 Å². The van der Waals surface area contributed by atoms with Gasteiger partial charge in [-0.2, -0.15) is 0 Å². The average Bonchev–Trinajstić information content (AvgIpc) is 3.47. The van der Waals surface area contributed by atoms with Crippen molar-refractivity contribution in [3.05, 3.63) is 0 Å². The molecule has 0 bridgehead atoms. The van der Waals surface area contributed by atoms with Gasteiger partial charge in [0.1, 0.15) is 6.10 Å². The maximum Gasteiger partial charge on any atom is 0.407 e. The average molecular weight is 476 g/mol. The molecule has 1 amide bonds. The van der Waals surface area contributed by atoms with E-state index in [-0.39, 0.29) is 12.2 Å². The Morgan fingerprint density at radius 3 is 2.53 bits per heavy atom. The lowest BCUT2D eigenvalue weighted by Gasteiger charge is -2.61. The Balaban J connectivity index is 0.00000133. The SMILES string of the molecule is CC.CC(CCNC(=O)OC1CCOC1)C1CCC2C3CCC4CCCCC4(C)C3CCC12C. The van der Waals surface area contributed by atoms with E-state index in [0.717, 1.165) is 49.0 Å². The summed E-state index contributed by atoms with van der Waals surface area (Å²) in [5, 5.41) is 3.01. The smallest absolute Gasteiger partial charge is 0.407 e. The van der Waals surface area contributed by atoms with Crippen LogP contribution < -0.4 is 5.32 Å². The fourth-order valence-electron chi connectivity index (χ4n) is 9.67. The Labute approximate surface area is 209 Å². The zero-order valence-electron chi connectivity index (χ0n) is 22.9. The normalized spacial score (nSPS) is 44.0. The summed E-state index contributed by atoms with van der Waals surface area (Å²) in [5.74, 6) is 5.40. The van der Waals surface area contributed by atoms with E-state index in [1.807, 2.05) is 13.8 Å². The van der Waals surface area contributed by atoms with Crippen molar-refractivity contribution in [2.45, 2.75) is 118 Å². The third-order valence-corrected chi connectivity index (χ3v) is 11.4. The molecule has 1 heterocycles. The predicted molar refractivity (Wildman–Crippen MR) is 139 cm³/mol. The topological polar surface area (TPSA) is 47.6 Å². The summed E-state index contributed by atoms with van der Waals surface area (Å²) < 4.78 is 10.8. The number of hydrogen-bond acceptors (Lipinski definition) is 3. The van der Waals surface area contributed by atoms with Crippen molar-refractivity contribution in [2.75, 3.05) is 19.8 Å². The predicted octanol–water partition coefficient (Wildman–Crippen LogP) is 7.60. The van der Waals surface area contributed by atoms with Crippen LogP contribution in [0.2, 0.25) is 0 Å². The van der Waals surface area contributed by atoms with Crippen molar-refractivity contribution in [3.63, 3.8) is 0 Å². The van der Waals surface area contributed by atoms with Crippen LogP contribution in [-0.2, 0) is 9.47 Å². The van der Waals surface area contributed by atoms with Gasteiger partial charge in [-0.05, 0) is 104 Å². The van der Waals surface area contributed by atoms with Crippen molar-refractivity contribution in [2.24, 2.45) is 46.3 Å². The second kappa shape index (κ2) is 11.1. The number of alkyl carbamates (subject to hydrolysis) is 1. The molecule has 34 heavy (non-hydrogen) atoms. The van der Waals surface area contributed by atoms with Crippen LogP contribution in [0.3, 0.4) is 0 Å². The van der Waals surface area contributed by atoms with Gasteiger partial charge in [0, 0.05) is 13.0 Å². The lowest BCUT2D eigenvalue weighted by atomic mass is 9.44. The molecule has 0 aromatic heterocycles. The van der Waals surface area contributed by atoms with E-state index >= 15 is 0 Å². The van der Waals surface area contributed by atoms with Gasteiger partial charge < -0.3 is 14.8 Å². The van der Waals surface area contributed by atoms with Crippen molar-refractivity contribution in [1.82, 2.24) is 5.32 Å². The Morgan fingerprint density at radius 1 is 0.971 bits per heavy atom. The van der Waals surface area contributed by atoms with Crippen LogP contribution in [0.5, 0.6) is 0 Å². The van der Waals surface area contributed by atoms with Crippen molar-refractivity contribution < 1.29 is 14.3 Å². The van der Waals surface area contributed by atoms with E-state index in [2.05, 4.69) is 26.1 Å². The third-order valence-electron chi connectivity index (χ3n) is 11.4. The van der Waals surface area contributed by atoms with Crippen LogP contribution in [-0.4, -0.2) is 32.0 Å². The van der Waals surface area contributed by atoms with Gasteiger partial charge in [-0.3, -0.25) is 0 Å². The molecule has 5 aliphatic rings. The summed E-state index contributed by atoms with van der Waals surface area (Å²) >= 11 is 0. The molecule has 9 atom stereocenters. The van der Waals surface area contributed by atoms with Gasteiger partial charge in [0.15, 0.2) is 0 Å². The Kier molecular flexibility index (Phi) is 8.58. The molecule has 4 saturated carbocycles. The van der Waals surface area contributed by atoms with Crippen molar-refractivity contribution in [3.8, 4) is 0 Å². The fraction of sp³-hybridized carbons (Fsp3) is 0.967. The molecule has 0 spiro atoms. The van der Waals surface area contributed by atoms with Gasteiger partial charge in [0.05, 0.1) is 13.2 Å². The van der Waals surface area contributed by atoms with Gasteiger partial charge in [0.25, 0.3) is 0 Å². The van der Waals surface area contributed by atoms with Gasteiger partial charge in [-0.15, -0.1) is 0 Å². The van der Waals surface area contributed by atoms with E-state index in [9.17, 15) is 4.79 Å². The number of hydrogen-bond donors (Lipinski definition) is 1. The maximum atomic E-state index is 12.1. The van der Waals surface area contributed by atoms with Crippen LogP contribution in [0.1, 0.15) is 112 Å². The number of carbonyl (C=O) groups excluding carboxylic acids is 1. The molecule has 0 aromatic rings. The molecule has 0 aromatic carbocycles. The van der Waals surface area contributed by atoms with Crippen LogP contribution >= 0.6 is 0 Å². The van der Waals surface area contributed by atoms with Crippen molar-refractivity contribution >= 4 is 6.09 Å². The molecule has 5 fully saturated rings. The van der Waals surface area contributed by atoms with Gasteiger partial charge in [-0.1, -0.05) is 47.5 Å². The highest BCUT2D eigenvalue weighted by Gasteiger charge is 2.60. The summed E-state index contributed by atoms with van der Waals surface area (Å²) in [6.07, 6.45) is 16.3. The Morgan fingerprint density at radius 2 is 1.76 bits per heavy atom. The summed E-state index contributed by atoms with van der Waals surface area (Å²) in [6.45, 7) is 13.8. The van der Waals surface area contributed by atoms with E-state index in [1.165, 1.54) is 64.2 Å². The number of carbonyl (C=O) groups is 1. The molecule has 5 rings (SSSR count). The first-order valence-electron chi connectivity index (χ1n) is 14.9. The molecule has 196 valence electrons. The highest BCUT2D eigenvalue weighted by molar-refractivity contribution is 5.67. The third kappa shape index (κ3) is 4.91. The molecule has 1 N–H and O–H groups in total. The molecular formula is C30H53NO3. The first-order chi connectivity index (χ1) is 16.4. The molecule has 4 nitrogen and oxygen atoms in total. The molecule has 4 heteroatoms. The molecule has 9 unspecified atom stereocenters. The van der Waals surface area contributed by atoms with E-state index in [1.54, 1.807) is 0 Å². The number of nitrogens with one attached hydrogen (secondary N) is 1. The second-order valence-electron chi connectivity index (χ2n) is 12.7. The summed E-state index contributed by atoms with van der Waals surface area (Å²) in [6, 6.07) is 0. The van der Waals surface area contributed by atoms with Gasteiger partial charge in [-0.25, -0.2) is 4.79 Å². The number of ether oxygens (including phenoxy) is 2. The summed E-state index contributed by atoms with van der Waals surface area (Å²) in [5.41, 5.74) is 1.15. The molecular weight excluding hydrogens is 422 g/mol. The monoisotopic (exact) mass is 475 g/mol. The van der Waals surface area contributed by atoms with Crippen molar-refractivity contribution in [1.29, 1.82) is 0 Å². The highest BCUT2D eigenvalue weighted by atomic mass is 16.6. The Hall–Kier alpha value is -0.770. The molecule has 0 radical (unpaired) electrons. The van der Waals surface area contributed by atoms with Crippen LogP contribution in [0.25, 0.3) is 0 Å². The number of amides is 1. The zero-order valence-corrected chi connectivity index (χ0v) is 22.9. The highest BCUT2D eigenvalue weighted by Crippen LogP contribution is 2.68. The minimum atomic E-state index is -0.263. The van der Waals surface area contributed by atoms with E-state index in [4.69, 9.17) is 9.47 Å². The standard InChI is InChI=1S/C28H47NO3.C2H6/c1-19(12-16-29-26(30)32-21-13-17-31-18-21)23-9-10-24-22-8-7-20-6-4-5-14-27(20,2)25(22)11-15-28(23,24)3;1-2/h19-25H,4-18H2,1-3H3,(H,29,30);1-2H3. The zero-order chi connectivity index (χ0) is 24.3. The number of fused-ring (bicyclic) bond motifs is 5. The van der Waals surface area contributed by atoms with Crippen LogP contribution in [0.4, 0.5) is 4.79 Å². The van der Waals surface area contributed by atoms with Crippen LogP contribution in [0, 0.1) is 46.3 Å². The second-order valence-corrected chi connectivity index (χ2v) is 12.7. The van der Waals surface area contributed by atoms with Gasteiger partial charge in [0.2, 0.25) is 0 Å². The maximum absolute atomic E-state index is 12.1. The van der Waals surface area contributed by atoms with E-state index < -0.39 is 0 Å². The summed E-state index contributed by atoms with van der Waals surface area (Å²) in [7, 11) is 0. The van der Waals surface area contributed by atoms with Gasteiger partial charge >= 0.3 is 6.09 Å². The molecule has 1 aliphatic heterocycles. The molecule has 1 saturated heterocycles. The van der Waals surface area contributed by atoms with E-state index in [0.29, 0.717) is 30.0 Å². The lowest BCUT2D eigenvalue weighted by Crippen LogP contribution is -2.53. The largest absolute Gasteiger partial charge is 0.444 e. The minimum Gasteiger partial charge on any atom is -0.444 e. The quantitative estimate of drug-likeness (QED) is 0.445. The minimum absolute atomic E-state index is 0.0572. The molecule has 4 aliphatic carbocycles.